The third-order valence-corrected chi connectivity index (χ3v) is 6.61. The first-order valence-electron chi connectivity index (χ1n) is 12.4. The van der Waals surface area contributed by atoms with Crippen molar-refractivity contribution in [2.75, 3.05) is 32.5 Å². The third kappa shape index (κ3) is 7.34. The molecule has 1 aromatic carbocycles. The molecule has 1 aliphatic heterocycles. The van der Waals surface area contributed by atoms with E-state index in [1.807, 2.05) is 0 Å². The van der Waals surface area contributed by atoms with E-state index in [-0.39, 0.29) is 35.3 Å². The fourth-order valence-corrected chi connectivity index (χ4v) is 4.50. The number of aliphatic imine (C=N–C) groups is 1. The van der Waals surface area contributed by atoms with Crippen molar-refractivity contribution in [2.45, 2.75) is 19.0 Å². The molecule has 42 heavy (non-hydrogen) atoms. The van der Waals surface area contributed by atoms with Crippen LogP contribution in [0.15, 0.2) is 65.3 Å². The number of hydrogen-bond donors (Lipinski definition) is 1. The molecular formula is C28H24ClF3N7O3+. The maximum absolute atomic E-state index is 13.1. The number of hydrogen-bond acceptors (Lipinski definition) is 8. The van der Waals surface area contributed by atoms with Crippen LogP contribution >= 0.6 is 11.6 Å². The Morgan fingerprint density at radius 3 is 2.71 bits per heavy atom. The summed E-state index contributed by atoms with van der Waals surface area (Å²) in [5, 5.41) is 15.5. The minimum atomic E-state index is -4.74. The third-order valence-electron chi connectivity index (χ3n) is 6.28. The van der Waals surface area contributed by atoms with E-state index in [9.17, 15) is 28.1 Å². The number of ketones is 1. The number of benzene rings is 1. The Morgan fingerprint density at radius 2 is 2.02 bits per heavy atom. The number of halogens is 4. The summed E-state index contributed by atoms with van der Waals surface area (Å²) in [6, 6.07) is 6.82. The van der Waals surface area contributed by atoms with Gasteiger partial charge in [0.1, 0.15) is 18.7 Å². The molecule has 10 nitrogen and oxygen atoms in total. The van der Waals surface area contributed by atoms with Gasteiger partial charge in [0.05, 0.1) is 55.8 Å². The van der Waals surface area contributed by atoms with Crippen LogP contribution in [0, 0.1) is 22.5 Å². The smallest absolute Gasteiger partial charge is 0.358 e. The molecule has 0 amide bonds. The van der Waals surface area contributed by atoms with Crippen molar-refractivity contribution in [2.24, 2.45) is 4.99 Å². The molecule has 1 N–H and O–H groups in total. The lowest BCUT2D eigenvalue weighted by Crippen LogP contribution is -2.41. The number of alkyl halides is 3. The average Bonchev–Trinajstić information content (AvgIpc) is 3.34. The summed E-state index contributed by atoms with van der Waals surface area (Å²) in [5.74, 6) is 1.95. The average molecular weight is 599 g/mol. The summed E-state index contributed by atoms with van der Waals surface area (Å²) in [6.45, 7) is 0.186. The summed E-state index contributed by atoms with van der Waals surface area (Å²) >= 11 is 6.09. The highest BCUT2D eigenvalue weighted by Gasteiger charge is 2.47. The maximum atomic E-state index is 13.1. The highest BCUT2D eigenvalue weighted by molar-refractivity contribution is 6.31. The van der Waals surface area contributed by atoms with Crippen molar-refractivity contribution in [3.8, 4) is 12.3 Å². The zero-order valence-corrected chi connectivity index (χ0v) is 23.2. The van der Waals surface area contributed by atoms with Crippen molar-refractivity contribution < 1.29 is 27.4 Å². The number of rotatable bonds is 10. The molecule has 0 bridgehead atoms. The number of nitrogens with one attached hydrogen (secondary N) is 1. The minimum absolute atomic E-state index is 0.0156. The van der Waals surface area contributed by atoms with Gasteiger partial charge in [0, 0.05) is 22.3 Å². The van der Waals surface area contributed by atoms with Crippen LogP contribution in [0.25, 0.3) is 10.9 Å². The monoisotopic (exact) mass is 598 g/mol. The number of nitro groups is 1. The van der Waals surface area contributed by atoms with Gasteiger partial charge in [-0.25, -0.2) is 9.97 Å². The molecule has 0 spiro atoms. The van der Waals surface area contributed by atoms with Gasteiger partial charge in [-0.3, -0.25) is 9.78 Å². The number of terminal acetylenes is 1. The molecule has 0 saturated carbocycles. The Hall–Kier alpha value is -4.67. The number of carbonyl (C=O) groups excluding carboxylic acids is 1. The van der Waals surface area contributed by atoms with Gasteiger partial charge in [0.25, 0.3) is 0 Å². The van der Waals surface area contributed by atoms with Gasteiger partial charge in [-0.15, -0.1) is 6.42 Å². The Morgan fingerprint density at radius 1 is 1.26 bits per heavy atom. The largest absolute Gasteiger partial charge is 0.454 e. The van der Waals surface area contributed by atoms with E-state index in [4.69, 9.17) is 18.0 Å². The SMILES string of the molecule is C#Cc1cc(Nc2ncnc3cnc(CC(=O)/C=C/C[N+](C)(C)CC4=C([N+](=O)[O-])N=C(C(F)(F)F)C4)cc23)ccc1Cl. The fraction of sp³-hybridized carbons (Fsp3) is 0.250. The molecule has 0 radical (unpaired) electrons. The normalized spacial score (nSPS) is 13.9. The maximum Gasteiger partial charge on any atom is 0.454 e. The quantitative estimate of drug-likeness (QED) is 0.114. The van der Waals surface area contributed by atoms with E-state index in [1.165, 1.54) is 18.6 Å². The molecule has 4 rings (SSSR count). The highest BCUT2D eigenvalue weighted by atomic mass is 35.5. The first-order chi connectivity index (χ1) is 19.8. The van der Waals surface area contributed by atoms with Crippen LogP contribution in [0.1, 0.15) is 17.7 Å². The molecular weight excluding hydrogens is 575 g/mol. The van der Waals surface area contributed by atoms with Crippen molar-refractivity contribution in [1.29, 1.82) is 0 Å². The first kappa shape index (κ1) is 30.3. The van der Waals surface area contributed by atoms with E-state index >= 15 is 0 Å². The number of likely N-dealkylation sites (N-methyl/N-ethyl adjacent to an activating group) is 1. The molecule has 3 heterocycles. The summed E-state index contributed by atoms with van der Waals surface area (Å²) in [5.41, 5.74) is 0.986. The molecule has 216 valence electrons. The number of pyridine rings is 1. The Bertz CT molecular complexity index is 1710. The van der Waals surface area contributed by atoms with Gasteiger partial charge >= 0.3 is 12.0 Å². The van der Waals surface area contributed by atoms with Crippen molar-refractivity contribution in [1.82, 2.24) is 15.0 Å². The van der Waals surface area contributed by atoms with Gasteiger partial charge in [0.15, 0.2) is 5.78 Å². The van der Waals surface area contributed by atoms with E-state index < -0.39 is 29.1 Å². The molecule has 3 aromatic rings. The van der Waals surface area contributed by atoms with Gasteiger partial charge < -0.3 is 19.9 Å². The standard InChI is InChI=1S/C28H24ClF3N7O3/c1-4-17-10-19(7-8-23(17)29)36-26-22-13-20(33-14-24(22)34-16-35-26)12-21(40)6-5-9-39(2,3)15-18-11-25(28(30,31)32)37-27(18)38(41)42/h1,5-8,10,13-14,16H,9,11-12,15H2,2-3H3,(H,34,35,36)/q+1/b6-5+. The number of fused-ring (bicyclic) bond motifs is 1. The number of carbonyl (C=O) groups is 1. The second-order valence-electron chi connectivity index (χ2n) is 10.1. The molecule has 0 unspecified atom stereocenters. The van der Waals surface area contributed by atoms with Crippen LogP contribution in [-0.4, -0.2) is 69.2 Å². The van der Waals surface area contributed by atoms with Gasteiger partial charge in [0.2, 0.25) is 5.71 Å². The second-order valence-corrected chi connectivity index (χ2v) is 10.5. The van der Waals surface area contributed by atoms with Crippen molar-refractivity contribution in [3.05, 3.63) is 86.7 Å². The molecule has 2 aromatic heterocycles. The van der Waals surface area contributed by atoms with Crippen LogP contribution in [0.3, 0.4) is 0 Å². The molecule has 0 saturated heterocycles. The molecule has 0 aliphatic carbocycles. The first-order valence-corrected chi connectivity index (χ1v) is 12.8. The summed E-state index contributed by atoms with van der Waals surface area (Å²) < 4.78 is 39.3. The van der Waals surface area contributed by atoms with E-state index in [0.29, 0.717) is 38.7 Å². The second kappa shape index (κ2) is 12.1. The summed E-state index contributed by atoms with van der Waals surface area (Å²) in [4.78, 5) is 39.1. The highest BCUT2D eigenvalue weighted by Crippen LogP contribution is 2.31. The fourth-order valence-electron chi connectivity index (χ4n) is 4.32. The van der Waals surface area contributed by atoms with E-state index in [1.54, 1.807) is 44.4 Å². The van der Waals surface area contributed by atoms with Crippen LogP contribution in [0.2, 0.25) is 5.02 Å². The minimum Gasteiger partial charge on any atom is -0.358 e. The topological polar surface area (TPSA) is 123 Å². The van der Waals surface area contributed by atoms with Crippen LogP contribution in [0.5, 0.6) is 0 Å². The summed E-state index contributed by atoms with van der Waals surface area (Å²) in [6.07, 6.45) is 5.93. The zero-order valence-electron chi connectivity index (χ0n) is 22.4. The van der Waals surface area contributed by atoms with Crippen molar-refractivity contribution >= 4 is 45.5 Å². The molecule has 1 aliphatic rings. The summed E-state index contributed by atoms with van der Waals surface area (Å²) in [7, 11) is 3.38. The van der Waals surface area contributed by atoms with Gasteiger partial charge in [-0.05, 0) is 46.3 Å². The Balaban J connectivity index is 1.42. The Kier molecular flexibility index (Phi) is 8.70. The van der Waals surface area contributed by atoms with Gasteiger partial charge in [-0.2, -0.15) is 13.2 Å². The van der Waals surface area contributed by atoms with Crippen LogP contribution in [-0.2, 0) is 11.2 Å². The number of allylic oxidation sites excluding steroid dienone is 1. The number of quaternary nitrogens is 1. The lowest BCUT2D eigenvalue weighted by Gasteiger charge is -2.28. The number of anilines is 2. The van der Waals surface area contributed by atoms with E-state index in [2.05, 4.69) is 31.2 Å². The predicted octanol–water partition coefficient (Wildman–Crippen LogP) is 5.04. The lowest BCUT2D eigenvalue weighted by molar-refractivity contribution is -0.880. The molecule has 0 fully saturated rings. The zero-order chi connectivity index (χ0) is 30.7. The lowest BCUT2D eigenvalue weighted by atomic mass is 10.1. The predicted molar refractivity (Wildman–Crippen MR) is 152 cm³/mol. The Labute approximate surface area is 243 Å². The molecule has 14 heteroatoms. The molecule has 0 atom stereocenters. The number of nitrogens with zero attached hydrogens (tertiary/aromatic N) is 6. The van der Waals surface area contributed by atoms with Crippen LogP contribution in [0.4, 0.5) is 24.7 Å². The van der Waals surface area contributed by atoms with Gasteiger partial charge in [-0.1, -0.05) is 17.5 Å². The number of aromatic nitrogens is 3. The van der Waals surface area contributed by atoms with E-state index in [0.717, 1.165) is 0 Å². The van der Waals surface area contributed by atoms with Crippen molar-refractivity contribution in [3.63, 3.8) is 0 Å². The van der Waals surface area contributed by atoms with Crippen LogP contribution < -0.4 is 5.32 Å².